The number of aryl methyl sites for hydroxylation is 1. The van der Waals surface area contributed by atoms with Gasteiger partial charge in [0.1, 0.15) is 17.4 Å². The lowest BCUT2D eigenvalue weighted by Crippen LogP contribution is -2.25. The molecule has 0 radical (unpaired) electrons. The van der Waals surface area contributed by atoms with Gasteiger partial charge in [0, 0.05) is 58.8 Å². The molecule has 0 unspecified atom stereocenters. The van der Waals surface area contributed by atoms with Crippen molar-refractivity contribution < 1.29 is 14.7 Å². The highest BCUT2D eigenvalue weighted by Crippen LogP contribution is 2.37. The monoisotopic (exact) mass is 619 g/mol. The average molecular weight is 621 g/mol. The van der Waals surface area contributed by atoms with Crippen molar-refractivity contribution in [3.63, 3.8) is 0 Å². The van der Waals surface area contributed by atoms with E-state index in [4.69, 9.17) is 11.6 Å². The Morgan fingerprint density at radius 2 is 1.95 bits per heavy atom. The van der Waals surface area contributed by atoms with Crippen LogP contribution in [0.2, 0.25) is 5.02 Å². The summed E-state index contributed by atoms with van der Waals surface area (Å²) >= 11 is 7.17. The highest BCUT2D eigenvalue weighted by Gasteiger charge is 2.21. The summed E-state index contributed by atoms with van der Waals surface area (Å²) in [6.45, 7) is 1.19. The summed E-state index contributed by atoms with van der Waals surface area (Å²) in [4.78, 5) is 38.3. The van der Waals surface area contributed by atoms with E-state index in [0.29, 0.717) is 33.8 Å². The lowest BCUT2D eigenvalue weighted by molar-refractivity contribution is 0.0952. The highest BCUT2D eigenvalue weighted by molar-refractivity contribution is 7.11. The summed E-state index contributed by atoms with van der Waals surface area (Å²) in [6, 6.07) is 15.1. The first-order chi connectivity index (χ1) is 19.9. The second kappa shape index (κ2) is 13.7. The summed E-state index contributed by atoms with van der Waals surface area (Å²) in [5, 5.41) is 28.5. The number of carbonyl (C=O) groups excluding carboxylic acids is 2. The zero-order valence-electron chi connectivity index (χ0n) is 21.8. The van der Waals surface area contributed by atoms with Crippen molar-refractivity contribution in [3.8, 4) is 34.2 Å². The van der Waals surface area contributed by atoms with Crippen molar-refractivity contribution in [2.45, 2.75) is 13.0 Å². The second-order valence-electron chi connectivity index (χ2n) is 8.83. The van der Waals surface area contributed by atoms with E-state index < -0.39 is 5.91 Å². The Labute approximate surface area is 256 Å². The Bertz CT molecular complexity index is 1750. The molecule has 42 heavy (non-hydrogen) atoms. The number of phenols is 1. The third-order valence-electron chi connectivity index (χ3n) is 6.10. The number of aromatic hydroxyl groups is 1. The van der Waals surface area contributed by atoms with Crippen LogP contribution in [0.4, 0.5) is 5.82 Å². The van der Waals surface area contributed by atoms with Crippen LogP contribution in [0.5, 0.6) is 5.75 Å². The van der Waals surface area contributed by atoms with Gasteiger partial charge in [0.25, 0.3) is 11.8 Å². The number of rotatable bonds is 9. The van der Waals surface area contributed by atoms with Crippen molar-refractivity contribution in [3.05, 3.63) is 100.0 Å². The molecule has 0 aliphatic heterocycles. The maximum Gasteiger partial charge on any atom is 0.285 e. The van der Waals surface area contributed by atoms with Gasteiger partial charge in [-0.1, -0.05) is 23.7 Å². The number of hydrogen-bond acceptors (Lipinski definition) is 8. The largest absolute Gasteiger partial charge is 0.507 e. The molecule has 0 saturated heterocycles. The molecule has 13 heteroatoms. The zero-order chi connectivity index (χ0) is 28.8. The highest BCUT2D eigenvalue weighted by atomic mass is 35.5. The minimum Gasteiger partial charge on any atom is -0.507 e. The quantitative estimate of drug-likeness (QED) is 0.177. The van der Waals surface area contributed by atoms with Gasteiger partial charge in [0.15, 0.2) is 10.8 Å². The van der Waals surface area contributed by atoms with Gasteiger partial charge in [-0.2, -0.15) is 5.26 Å². The van der Waals surface area contributed by atoms with Crippen LogP contribution in [0.25, 0.3) is 22.4 Å². The van der Waals surface area contributed by atoms with E-state index in [2.05, 4.69) is 31.7 Å². The second-order valence-corrected chi connectivity index (χ2v) is 10.2. The summed E-state index contributed by atoms with van der Waals surface area (Å²) < 4.78 is 1.93. The Morgan fingerprint density at radius 1 is 1.10 bits per heavy atom. The predicted octanol–water partition coefficient (Wildman–Crippen LogP) is 5.79. The number of amides is 2. The minimum atomic E-state index is -0.531. The van der Waals surface area contributed by atoms with Crippen molar-refractivity contribution in [2.75, 3.05) is 11.9 Å². The molecule has 3 N–H and O–H groups in total. The van der Waals surface area contributed by atoms with E-state index in [0.717, 1.165) is 24.3 Å². The maximum atomic E-state index is 12.9. The van der Waals surface area contributed by atoms with Gasteiger partial charge in [-0.25, -0.2) is 15.0 Å². The van der Waals surface area contributed by atoms with Crippen LogP contribution in [0.1, 0.15) is 32.1 Å². The van der Waals surface area contributed by atoms with Crippen LogP contribution in [0, 0.1) is 11.3 Å². The number of aromatic nitrogens is 4. The van der Waals surface area contributed by atoms with Crippen LogP contribution in [0.3, 0.4) is 0 Å². The Hall–Kier alpha value is -4.76. The van der Waals surface area contributed by atoms with Crippen molar-refractivity contribution in [2.24, 2.45) is 0 Å². The first kappa shape index (κ1) is 30.2. The fourth-order valence-electron chi connectivity index (χ4n) is 4.14. The number of halogens is 2. The van der Waals surface area contributed by atoms with E-state index in [-0.39, 0.29) is 46.1 Å². The summed E-state index contributed by atoms with van der Waals surface area (Å²) in [6.07, 6.45) is 7.51. The van der Waals surface area contributed by atoms with Crippen molar-refractivity contribution >= 4 is 53.0 Å². The first-order valence-corrected chi connectivity index (χ1v) is 13.7. The summed E-state index contributed by atoms with van der Waals surface area (Å²) in [7, 11) is 0. The summed E-state index contributed by atoms with van der Waals surface area (Å²) in [5.74, 6) is -0.931. The average Bonchev–Trinajstić information content (AvgIpc) is 3.70. The van der Waals surface area contributed by atoms with Gasteiger partial charge < -0.3 is 20.3 Å². The number of hydrogen-bond donors (Lipinski definition) is 3. The molecule has 5 aromatic rings. The molecule has 5 rings (SSSR count). The van der Waals surface area contributed by atoms with Gasteiger partial charge in [-0.3, -0.25) is 9.59 Å². The van der Waals surface area contributed by atoms with E-state index in [1.54, 1.807) is 60.4 Å². The smallest absolute Gasteiger partial charge is 0.285 e. The number of phenolic OH excluding ortho intramolecular Hbond substituents is 1. The van der Waals surface area contributed by atoms with Gasteiger partial charge in [0.05, 0.1) is 12.0 Å². The molecule has 2 amide bonds. The number of imidazole rings is 1. The molecule has 0 saturated carbocycles. The lowest BCUT2D eigenvalue weighted by atomic mass is 9.96. The van der Waals surface area contributed by atoms with E-state index in [1.165, 1.54) is 12.3 Å². The van der Waals surface area contributed by atoms with Gasteiger partial charge in [-0.15, -0.1) is 23.7 Å². The number of thiazole rings is 1. The fraction of sp³-hybridized carbons (Fsp3) is 0.103. The van der Waals surface area contributed by atoms with Crippen LogP contribution in [0.15, 0.2) is 78.8 Å². The molecular formula is C29H23Cl2N7O3S. The number of carbonyl (C=O) groups is 2. The minimum absolute atomic E-state index is 0. The zero-order valence-corrected chi connectivity index (χ0v) is 24.2. The molecule has 3 aromatic heterocycles. The predicted molar refractivity (Wildman–Crippen MR) is 163 cm³/mol. The van der Waals surface area contributed by atoms with E-state index >= 15 is 0 Å². The summed E-state index contributed by atoms with van der Waals surface area (Å²) in [5.41, 5.74) is 2.08. The van der Waals surface area contributed by atoms with Crippen LogP contribution in [-0.2, 0) is 6.54 Å². The third kappa shape index (κ3) is 6.92. The number of nitrogens with one attached hydrogen (secondary N) is 2. The van der Waals surface area contributed by atoms with E-state index in [9.17, 15) is 20.0 Å². The van der Waals surface area contributed by atoms with Gasteiger partial charge in [0.2, 0.25) is 0 Å². The molecule has 0 spiro atoms. The van der Waals surface area contributed by atoms with Crippen LogP contribution >= 0.6 is 35.3 Å². The molecular weight excluding hydrogens is 597 g/mol. The van der Waals surface area contributed by atoms with E-state index in [1.807, 2.05) is 10.8 Å². The van der Waals surface area contributed by atoms with Crippen molar-refractivity contribution in [1.29, 1.82) is 5.26 Å². The lowest BCUT2D eigenvalue weighted by Gasteiger charge is -2.14. The first-order valence-electron chi connectivity index (χ1n) is 12.4. The number of nitrogens with zero attached hydrogens (tertiary/aromatic N) is 5. The standard InChI is InChI=1S/C29H22ClN7O3S.ClH/c30-20-5-6-21(25(38)14-20)24-15-22(23(16-31)26(35-24)36-28(40)29-34-9-12-41-29)18-3-1-4-19(13-18)27(39)33-7-2-10-37-11-8-32-17-37;/h1,3-6,8-9,11-15,17,38H,2,7,10H2,(H,33,39)(H,35,36,40);1H. The van der Waals surface area contributed by atoms with Crippen molar-refractivity contribution in [1.82, 2.24) is 24.8 Å². The SMILES string of the molecule is Cl.N#Cc1c(-c2cccc(C(=O)NCCCn3ccnc3)c2)cc(-c2ccc(Cl)cc2O)nc1NC(=O)c1nccs1. The molecule has 0 aliphatic carbocycles. The number of benzene rings is 2. The Balaban J connectivity index is 0.00000405. The van der Waals surface area contributed by atoms with Gasteiger partial charge in [-0.05, 0) is 48.4 Å². The topological polar surface area (TPSA) is 146 Å². The number of nitriles is 1. The Kier molecular flexibility index (Phi) is 9.88. The molecule has 0 fully saturated rings. The molecule has 0 atom stereocenters. The van der Waals surface area contributed by atoms with Crippen LogP contribution < -0.4 is 10.6 Å². The fourth-order valence-corrected chi connectivity index (χ4v) is 4.84. The van der Waals surface area contributed by atoms with Crippen LogP contribution in [-0.4, -0.2) is 43.0 Å². The number of anilines is 1. The third-order valence-corrected chi connectivity index (χ3v) is 7.11. The maximum absolute atomic E-state index is 12.9. The normalized spacial score (nSPS) is 10.4. The van der Waals surface area contributed by atoms with Gasteiger partial charge >= 0.3 is 0 Å². The molecule has 212 valence electrons. The molecule has 10 nitrogen and oxygen atoms in total. The molecule has 0 aliphatic rings. The molecule has 3 heterocycles. The number of pyridine rings is 1. The molecule has 2 aromatic carbocycles. The Morgan fingerprint density at radius 3 is 2.67 bits per heavy atom. The molecule has 0 bridgehead atoms.